The number of hydrogen-bond acceptors (Lipinski definition) is 5. The number of aryl methyl sites for hydroxylation is 1. The Morgan fingerprint density at radius 1 is 1.40 bits per heavy atom. The van der Waals surface area contributed by atoms with Crippen LogP contribution in [-0.4, -0.2) is 29.7 Å². The van der Waals surface area contributed by atoms with Crippen molar-refractivity contribution in [1.82, 2.24) is 15.0 Å². The summed E-state index contributed by atoms with van der Waals surface area (Å²) >= 11 is 6.07. The normalized spacial score (nSPS) is 11.3. The molecule has 0 saturated carbocycles. The van der Waals surface area contributed by atoms with Gasteiger partial charge in [-0.15, -0.1) is 5.10 Å². The molecule has 2 aromatic rings. The molecule has 9 heteroatoms. The minimum atomic E-state index is -3.32. The monoisotopic (exact) mass is 315 g/mol. The van der Waals surface area contributed by atoms with E-state index in [9.17, 15) is 8.42 Å². The topological polar surface area (TPSA) is 88.9 Å². The molecular formula is C11H14ClN5O2S. The Balaban J connectivity index is 2.15. The van der Waals surface area contributed by atoms with Gasteiger partial charge in [0.1, 0.15) is 0 Å². The van der Waals surface area contributed by atoms with Gasteiger partial charge in [0.05, 0.1) is 41.1 Å². The fourth-order valence-corrected chi connectivity index (χ4v) is 2.33. The van der Waals surface area contributed by atoms with E-state index in [0.717, 1.165) is 11.9 Å². The summed E-state index contributed by atoms with van der Waals surface area (Å²) in [6.07, 6.45) is 2.73. The number of nitrogens with one attached hydrogen (secondary N) is 2. The smallest absolute Gasteiger partial charge is 0.229 e. The summed E-state index contributed by atoms with van der Waals surface area (Å²) < 4.78 is 26.4. The highest BCUT2D eigenvalue weighted by atomic mass is 35.5. The molecule has 0 aliphatic rings. The Labute approximate surface area is 122 Å². The maximum absolute atomic E-state index is 11.2. The van der Waals surface area contributed by atoms with Gasteiger partial charge in [-0.3, -0.25) is 9.40 Å². The van der Waals surface area contributed by atoms with Crippen molar-refractivity contribution in [2.45, 2.75) is 6.54 Å². The van der Waals surface area contributed by atoms with Gasteiger partial charge in [-0.1, -0.05) is 16.8 Å². The lowest BCUT2D eigenvalue weighted by molar-refractivity contribution is 0.607. The van der Waals surface area contributed by atoms with Crippen molar-refractivity contribution in [2.75, 3.05) is 16.3 Å². The number of benzene rings is 1. The van der Waals surface area contributed by atoms with Crippen LogP contribution in [0.2, 0.25) is 5.02 Å². The Kier molecular flexibility index (Phi) is 4.15. The minimum Gasteiger partial charge on any atom is -0.378 e. The highest BCUT2D eigenvalue weighted by Gasteiger charge is 2.07. The van der Waals surface area contributed by atoms with Gasteiger partial charge in [0.15, 0.2) is 0 Å². The predicted molar refractivity (Wildman–Crippen MR) is 78.2 cm³/mol. The average molecular weight is 316 g/mol. The molecule has 108 valence electrons. The van der Waals surface area contributed by atoms with Crippen LogP contribution in [0.25, 0.3) is 0 Å². The van der Waals surface area contributed by atoms with Gasteiger partial charge >= 0.3 is 0 Å². The van der Waals surface area contributed by atoms with E-state index in [2.05, 4.69) is 20.4 Å². The van der Waals surface area contributed by atoms with Crippen LogP contribution in [0.15, 0.2) is 24.4 Å². The van der Waals surface area contributed by atoms with E-state index in [0.29, 0.717) is 22.9 Å². The minimum absolute atomic E-state index is 0.447. The number of nitrogens with zero attached hydrogens (tertiary/aromatic N) is 3. The Hall–Kier alpha value is -1.80. The standard InChI is InChI=1S/C11H14ClN5O2S/c1-17-9(7-14-16-17)6-13-11-5-8(3-4-10(11)12)15-20(2,18)19/h3-5,7,13,15H,6H2,1-2H3. The maximum atomic E-state index is 11.2. The Bertz CT molecular complexity index is 713. The first-order valence-corrected chi connectivity index (χ1v) is 7.97. The second-order valence-electron chi connectivity index (χ2n) is 4.27. The summed E-state index contributed by atoms with van der Waals surface area (Å²) in [5, 5.41) is 11.2. The number of rotatable bonds is 5. The molecule has 0 aliphatic carbocycles. The van der Waals surface area contributed by atoms with Crippen LogP contribution in [0.3, 0.4) is 0 Å². The quantitative estimate of drug-likeness (QED) is 0.872. The molecule has 2 N–H and O–H groups in total. The first-order valence-electron chi connectivity index (χ1n) is 5.70. The van der Waals surface area contributed by atoms with Crippen LogP contribution in [-0.2, 0) is 23.6 Å². The predicted octanol–water partition coefficient (Wildman–Crippen LogP) is 1.45. The molecule has 1 aromatic carbocycles. The fraction of sp³-hybridized carbons (Fsp3) is 0.273. The van der Waals surface area contributed by atoms with Crippen molar-refractivity contribution in [1.29, 1.82) is 0 Å². The second-order valence-corrected chi connectivity index (χ2v) is 6.43. The number of anilines is 2. The molecule has 0 bridgehead atoms. The zero-order valence-electron chi connectivity index (χ0n) is 11.0. The average Bonchev–Trinajstić information content (AvgIpc) is 2.74. The SMILES string of the molecule is Cn1nncc1CNc1cc(NS(C)(=O)=O)ccc1Cl. The molecule has 0 fully saturated rings. The zero-order chi connectivity index (χ0) is 14.8. The van der Waals surface area contributed by atoms with E-state index in [1.807, 2.05) is 0 Å². The van der Waals surface area contributed by atoms with Crippen LogP contribution in [0, 0.1) is 0 Å². The van der Waals surface area contributed by atoms with Crippen LogP contribution in [0.1, 0.15) is 5.69 Å². The van der Waals surface area contributed by atoms with Crippen molar-refractivity contribution >= 4 is 33.0 Å². The Morgan fingerprint density at radius 2 is 2.15 bits per heavy atom. The van der Waals surface area contributed by atoms with Gasteiger partial charge in [-0.2, -0.15) is 0 Å². The molecule has 7 nitrogen and oxygen atoms in total. The largest absolute Gasteiger partial charge is 0.378 e. The summed E-state index contributed by atoms with van der Waals surface area (Å²) in [5.41, 5.74) is 1.95. The van der Waals surface area contributed by atoms with E-state index in [-0.39, 0.29) is 0 Å². The fourth-order valence-electron chi connectivity index (χ4n) is 1.60. The summed E-state index contributed by atoms with van der Waals surface area (Å²) in [4.78, 5) is 0. The number of halogens is 1. The zero-order valence-corrected chi connectivity index (χ0v) is 12.5. The summed E-state index contributed by atoms with van der Waals surface area (Å²) in [6, 6.07) is 4.85. The maximum Gasteiger partial charge on any atom is 0.229 e. The first kappa shape index (κ1) is 14.6. The molecule has 0 spiro atoms. The van der Waals surface area contributed by atoms with Crippen LogP contribution in [0.4, 0.5) is 11.4 Å². The van der Waals surface area contributed by atoms with Crippen LogP contribution < -0.4 is 10.0 Å². The third-order valence-corrected chi connectivity index (χ3v) is 3.47. The van der Waals surface area contributed by atoms with Crippen LogP contribution in [0.5, 0.6) is 0 Å². The van der Waals surface area contributed by atoms with E-state index in [4.69, 9.17) is 11.6 Å². The molecule has 0 amide bonds. The van der Waals surface area contributed by atoms with Crippen LogP contribution >= 0.6 is 11.6 Å². The number of hydrogen-bond donors (Lipinski definition) is 2. The van der Waals surface area contributed by atoms with Crippen molar-refractivity contribution < 1.29 is 8.42 Å². The van der Waals surface area contributed by atoms with E-state index in [1.54, 1.807) is 36.1 Å². The van der Waals surface area contributed by atoms with Gasteiger partial charge in [0, 0.05) is 7.05 Å². The molecule has 20 heavy (non-hydrogen) atoms. The second kappa shape index (κ2) is 5.68. The lowest BCUT2D eigenvalue weighted by atomic mass is 10.2. The van der Waals surface area contributed by atoms with E-state index >= 15 is 0 Å². The van der Waals surface area contributed by atoms with E-state index < -0.39 is 10.0 Å². The molecule has 0 atom stereocenters. The van der Waals surface area contributed by atoms with E-state index in [1.165, 1.54) is 0 Å². The van der Waals surface area contributed by atoms with Crippen molar-refractivity contribution in [2.24, 2.45) is 7.05 Å². The molecule has 2 rings (SSSR count). The third kappa shape index (κ3) is 3.84. The van der Waals surface area contributed by atoms with Crippen molar-refractivity contribution in [3.63, 3.8) is 0 Å². The summed E-state index contributed by atoms with van der Waals surface area (Å²) in [5.74, 6) is 0. The first-order chi connectivity index (χ1) is 9.35. The molecule has 0 unspecified atom stereocenters. The summed E-state index contributed by atoms with van der Waals surface area (Å²) in [6.45, 7) is 0.478. The van der Waals surface area contributed by atoms with Gasteiger partial charge in [0.2, 0.25) is 10.0 Å². The molecule has 0 aliphatic heterocycles. The third-order valence-electron chi connectivity index (χ3n) is 2.54. The number of aromatic nitrogens is 3. The highest BCUT2D eigenvalue weighted by Crippen LogP contribution is 2.26. The highest BCUT2D eigenvalue weighted by molar-refractivity contribution is 7.92. The Morgan fingerprint density at radius 3 is 2.75 bits per heavy atom. The number of sulfonamides is 1. The van der Waals surface area contributed by atoms with Gasteiger partial charge in [0.25, 0.3) is 0 Å². The van der Waals surface area contributed by atoms with Crippen molar-refractivity contribution in [3.05, 3.63) is 35.1 Å². The molecule has 1 heterocycles. The molecule has 1 aromatic heterocycles. The lowest BCUT2D eigenvalue weighted by Gasteiger charge is -2.11. The van der Waals surface area contributed by atoms with Gasteiger partial charge < -0.3 is 5.32 Å². The lowest BCUT2D eigenvalue weighted by Crippen LogP contribution is -2.10. The van der Waals surface area contributed by atoms with Gasteiger partial charge in [-0.05, 0) is 18.2 Å². The summed E-state index contributed by atoms with van der Waals surface area (Å²) in [7, 11) is -1.53. The van der Waals surface area contributed by atoms with Crippen molar-refractivity contribution in [3.8, 4) is 0 Å². The van der Waals surface area contributed by atoms with Gasteiger partial charge in [-0.25, -0.2) is 8.42 Å². The molecule has 0 radical (unpaired) electrons. The molecular weight excluding hydrogens is 302 g/mol. The molecule has 0 saturated heterocycles.